The number of hydrogen-bond acceptors (Lipinski definition) is 6. The lowest BCUT2D eigenvalue weighted by Crippen LogP contribution is -2.14. The van der Waals surface area contributed by atoms with Gasteiger partial charge < -0.3 is 20.3 Å². The van der Waals surface area contributed by atoms with E-state index in [9.17, 15) is 5.11 Å². The van der Waals surface area contributed by atoms with Gasteiger partial charge in [0.05, 0.1) is 12.4 Å². The Bertz CT molecular complexity index is 662. The van der Waals surface area contributed by atoms with Gasteiger partial charge in [-0.1, -0.05) is 12.2 Å². The van der Waals surface area contributed by atoms with Crippen molar-refractivity contribution in [2.24, 2.45) is 5.92 Å². The summed E-state index contributed by atoms with van der Waals surface area (Å²) >= 11 is 0. The predicted molar refractivity (Wildman–Crippen MR) is 77.4 cm³/mol. The number of fused-ring (bicyclic) bond motifs is 1. The average molecular weight is 274 g/mol. The maximum Gasteiger partial charge on any atom is 0.224 e. The van der Waals surface area contributed by atoms with Crippen molar-refractivity contribution >= 4 is 22.9 Å². The molecule has 2 unspecified atom stereocenters. The molecule has 0 amide bonds. The van der Waals surface area contributed by atoms with Crippen LogP contribution in [0, 0.1) is 5.92 Å². The molecular formula is C13H18N6O. The molecule has 2 aromatic rings. The van der Waals surface area contributed by atoms with Crippen LogP contribution in [0.5, 0.6) is 0 Å². The minimum atomic E-state index is 0.154. The molecule has 3 N–H and O–H groups in total. The third kappa shape index (κ3) is 2.00. The number of aromatic nitrogens is 4. The third-order valence-corrected chi connectivity index (χ3v) is 3.59. The van der Waals surface area contributed by atoms with E-state index in [2.05, 4.69) is 21.0 Å². The van der Waals surface area contributed by atoms with Gasteiger partial charge in [-0.05, 0) is 6.42 Å². The van der Waals surface area contributed by atoms with E-state index in [-0.39, 0.29) is 24.5 Å². The van der Waals surface area contributed by atoms with Crippen molar-refractivity contribution in [2.45, 2.75) is 12.5 Å². The number of imidazole rings is 1. The van der Waals surface area contributed by atoms with Crippen molar-refractivity contribution in [1.82, 2.24) is 19.5 Å². The lowest BCUT2D eigenvalue weighted by atomic mass is 10.1. The second-order valence-electron chi connectivity index (χ2n) is 5.25. The molecule has 7 nitrogen and oxygen atoms in total. The van der Waals surface area contributed by atoms with Gasteiger partial charge in [-0.15, -0.1) is 0 Å². The summed E-state index contributed by atoms with van der Waals surface area (Å²) < 4.78 is 1.99. The van der Waals surface area contributed by atoms with Crippen molar-refractivity contribution in [3.05, 3.63) is 18.5 Å². The minimum Gasteiger partial charge on any atom is -0.396 e. The molecular weight excluding hydrogens is 256 g/mol. The van der Waals surface area contributed by atoms with Crippen LogP contribution in [-0.2, 0) is 0 Å². The fraction of sp³-hybridized carbons (Fsp3) is 0.462. The molecule has 2 heterocycles. The number of aliphatic hydroxyl groups excluding tert-OH is 1. The van der Waals surface area contributed by atoms with E-state index in [0.717, 1.165) is 17.6 Å². The number of allylic oxidation sites excluding steroid dienone is 1. The van der Waals surface area contributed by atoms with E-state index in [1.807, 2.05) is 29.6 Å². The summed E-state index contributed by atoms with van der Waals surface area (Å²) in [4.78, 5) is 14.8. The Morgan fingerprint density at radius 3 is 2.85 bits per heavy atom. The molecule has 2 atom stereocenters. The summed E-state index contributed by atoms with van der Waals surface area (Å²) in [7, 11) is 3.80. The largest absolute Gasteiger partial charge is 0.396 e. The highest BCUT2D eigenvalue weighted by molar-refractivity contribution is 5.84. The summed E-state index contributed by atoms with van der Waals surface area (Å²) in [5.74, 6) is 1.15. The highest BCUT2D eigenvalue weighted by atomic mass is 16.3. The number of nitrogens with zero attached hydrogens (tertiary/aromatic N) is 5. The number of rotatable bonds is 3. The zero-order valence-corrected chi connectivity index (χ0v) is 11.6. The predicted octanol–water partition coefficient (Wildman–Crippen LogP) is 0.584. The number of hydrogen-bond donors (Lipinski definition) is 2. The quantitative estimate of drug-likeness (QED) is 0.795. The van der Waals surface area contributed by atoms with Crippen LogP contribution in [0.2, 0.25) is 0 Å². The SMILES string of the molecule is CN(C)c1nc(N)nc2c1ncn2C1C=CC(CO)C1. The molecule has 0 bridgehead atoms. The fourth-order valence-corrected chi connectivity index (χ4v) is 2.57. The van der Waals surface area contributed by atoms with Crippen LogP contribution in [0.25, 0.3) is 11.2 Å². The van der Waals surface area contributed by atoms with Gasteiger partial charge in [0.15, 0.2) is 17.0 Å². The number of nitrogens with two attached hydrogens (primary N) is 1. The first-order valence-corrected chi connectivity index (χ1v) is 6.56. The zero-order chi connectivity index (χ0) is 14.3. The zero-order valence-electron chi connectivity index (χ0n) is 11.6. The van der Waals surface area contributed by atoms with Gasteiger partial charge in [-0.3, -0.25) is 0 Å². The molecule has 0 saturated carbocycles. The second-order valence-corrected chi connectivity index (χ2v) is 5.25. The molecule has 0 aliphatic heterocycles. The van der Waals surface area contributed by atoms with Crippen LogP contribution in [0.1, 0.15) is 12.5 Å². The van der Waals surface area contributed by atoms with Crippen molar-refractivity contribution in [2.75, 3.05) is 31.3 Å². The summed E-state index contributed by atoms with van der Waals surface area (Å²) in [6, 6.07) is 0.154. The van der Waals surface area contributed by atoms with Crippen molar-refractivity contribution in [1.29, 1.82) is 0 Å². The molecule has 0 fully saturated rings. The number of anilines is 2. The van der Waals surface area contributed by atoms with Gasteiger partial charge in [0.1, 0.15) is 0 Å². The highest BCUT2D eigenvalue weighted by Gasteiger charge is 2.23. The lowest BCUT2D eigenvalue weighted by molar-refractivity contribution is 0.244. The van der Waals surface area contributed by atoms with Crippen LogP contribution in [0.4, 0.5) is 11.8 Å². The van der Waals surface area contributed by atoms with Crippen molar-refractivity contribution in [3.63, 3.8) is 0 Å². The smallest absolute Gasteiger partial charge is 0.224 e. The molecule has 0 spiro atoms. The van der Waals surface area contributed by atoms with Crippen LogP contribution >= 0.6 is 0 Å². The highest BCUT2D eigenvalue weighted by Crippen LogP contribution is 2.31. The van der Waals surface area contributed by atoms with E-state index in [1.165, 1.54) is 0 Å². The maximum absolute atomic E-state index is 9.23. The molecule has 2 aromatic heterocycles. The first kappa shape index (κ1) is 12.9. The second kappa shape index (κ2) is 4.75. The molecule has 0 saturated heterocycles. The van der Waals surface area contributed by atoms with E-state index in [0.29, 0.717) is 5.82 Å². The van der Waals surface area contributed by atoms with Gasteiger partial charge in [0, 0.05) is 26.6 Å². The maximum atomic E-state index is 9.23. The van der Waals surface area contributed by atoms with Crippen LogP contribution in [0.15, 0.2) is 18.5 Å². The molecule has 0 radical (unpaired) electrons. The molecule has 7 heteroatoms. The van der Waals surface area contributed by atoms with Crippen molar-refractivity contribution in [3.8, 4) is 0 Å². The Morgan fingerprint density at radius 2 is 2.20 bits per heavy atom. The van der Waals surface area contributed by atoms with Crippen LogP contribution in [0.3, 0.4) is 0 Å². The Morgan fingerprint density at radius 1 is 1.40 bits per heavy atom. The molecule has 3 rings (SSSR count). The Hall–Kier alpha value is -2.15. The van der Waals surface area contributed by atoms with Crippen LogP contribution < -0.4 is 10.6 Å². The van der Waals surface area contributed by atoms with Gasteiger partial charge in [0.25, 0.3) is 0 Å². The standard InChI is InChI=1S/C13H18N6O/c1-18(2)11-10-12(17-13(14)16-11)19(7-15-10)9-4-3-8(5-9)6-20/h3-4,7-9,20H,5-6H2,1-2H3,(H2,14,16,17). The lowest BCUT2D eigenvalue weighted by Gasteiger charge is -2.14. The Balaban J connectivity index is 2.08. The minimum absolute atomic E-state index is 0.154. The number of aliphatic hydroxyl groups is 1. The third-order valence-electron chi connectivity index (χ3n) is 3.59. The molecule has 20 heavy (non-hydrogen) atoms. The monoisotopic (exact) mass is 274 g/mol. The van der Waals surface area contributed by atoms with Crippen LogP contribution in [-0.4, -0.2) is 45.3 Å². The topological polar surface area (TPSA) is 93.1 Å². The van der Waals surface area contributed by atoms with E-state index < -0.39 is 0 Å². The summed E-state index contributed by atoms with van der Waals surface area (Å²) in [5.41, 5.74) is 7.27. The van der Waals surface area contributed by atoms with E-state index in [4.69, 9.17) is 5.73 Å². The van der Waals surface area contributed by atoms with Crippen molar-refractivity contribution < 1.29 is 5.11 Å². The first-order valence-electron chi connectivity index (χ1n) is 6.56. The summed E-state index contributed by atoms with van der Waals surface area (Å²) in [6.45, 7) is 0.166. The normalized spacial score (nSPS) is 21.8. The van der Waals surface area contributed by atoms with Gasteiger partial charge in [0.2, 0.25) is 5.95 Å². The van der Waals surface area contributed by atoms with Gasteiger partial charge >= 0.3 is 0 Å². The molecule has 1 aliphatic carbocycles. The molecule has 0 aromatic carbocycles. The van der Waals surface area contributed by atoms with Gasteiger partial charge in [-0.2, -0.15) is 9.97 Å². The summed E-state index contributed by atoms with van der Waals surface area (Å²) in [6.07, 6.45) is 6.73. The van der Waals surface area contributed by atoms with Gasteiger partial charge in [-0.25, -0.2) is 4.98 Å². The molecule has 106 valence electrons. The van der Waals surface area contributed by atoms with E-state index in [1.54, 1.807) is 6.33 Å². The number of nitrogen functional groups attached to an aromatic ring is 1. The Labute approximate surface area is 116 Å². The Kier molecular flexibility index (Phi) is 3.06. The summed E-state index contributed by atoms with van der Waals surface area (Å²) in [5, 5.41) is 9.23. The fourth-order valence-electron chi connectivity index (χ4n) is 2.57. The first-order chi connectivity index (χ1) is 9.60. The average Bonchev–Trinajstić information content (AvgIpc) is 3.02. The molecule has 1 aliphatic rings. The van der Waals surface area contributed by atoms with E-state index >= 15 is 0 Å².